The molecule has 0 unspecified atom stereocenters. The summed E-state index contributed by atoms with van der Waals surface area (Å²) in [7, 11) is 3.17. The van der Waals surface area contributed by atoms with E-state index in [-0.39, 0.29) is 18.0 Å². The van der Waals surface area contributed by atoms with E-state index >= 15 is 0 Å². The fraction of sp³-hybridized carbons (Fsp3) is 0.333. The van der Waals surface area contributed by atoms with Crippen LogP contribution in [0.15, 0.2) is 35.7 Å². The maximum absolute atomic E-state index is 12.5. The van der Waals surface area contributed by atoms with Crippen LogP contribution in [-0.2, 0) is 15.7 Å². The molecule has 8 heteroatoms. The molecule has 124 valence electrons. The number of rotatable bonds is 5. The molecule has 0 aromatic heterocycles. The van der Waals surface area contributed by atoms with Gasteiger partial charge in [-0.1, -0.05) is 0 Å². The van der Waals surface area contributed by atoms with E-state index < -0.39 is 17.7 Å². The molecule has 1 rings (SSSR count). The molecular formula is C15H16F3N3O2. The van der Waals surface area contributed by atoms with Gasteiger partial charge in [0.2, 0.25) is 0 Å². The second-order valence-electron chi connectivity index (χ2n) is 4.65. The number of carbonyl (C=O) groups excluding carboxylic acids is 1. The number of nitriles is 1. The zero-order valence-corrected chi connectivity index (χ0v) is 12.9. The average Bonchev–Trinajstić information content (AvgIpc) is 2.46. The molecule has 1 aromatic rings. The van der Waals surface area contributed by atoms with Crippen molar-refractivity contribution in [3.63, 3.8) is 0 Å². The van der Waals surface area contributed by atoms with Gasteiger partial charge < -0.3 is 15.0 Å². The Morgan fingerprint density at radius 1 is 1.30 bits per heavy atom. The van der Waals surface area contributed by atoms with Crippen LogP contribution in [0.2, 0.25) is 0 Å². The minimum Gasteiger partial charge on any atom is -0.462 e. The lowest BCUT2D eigenvalue weighted by Gasteiger charge is -2.20. The number of hydrogen-bond acceptors (Lipinski definition) is 5. The molecule has 0 aliphatic heterocycles. The van der Waals surface area contributed by atoms with E-state index in [1.807, 2.05) is 0 Å². The smallest absolute Gasteiger partial charge is 0.416 e. The van der Waals surface area contributed by atoms with E-state index in [0.717, 1.165) is 12.1 Å². The number of nitrogens with zero attached hydrogens (tertiary/aromatic N) is 2. The summed E-state index contributed by atoms with van der Waals surface area (Å²) in [6.07, 6.45) is -4.43. The van der Waals surface area contributed by atoms with Crippen molar-refractivity contribution in [1.29, 1.82) is 5.26 Å². The zero-order valence-electron chi connectivity index (χ0n) is 12.9. The van der Waals surface area contributed by atoms with Crippen LogP contribution in [0.5, 0.6) is 0 Å². The van der Waals surface area contributed by atoms with Gasteiger partial charge in [-0.15, -0.1) is 0 Å². The second-order valence-corrected chi connectivity index (χ2v) is 4.65. The van der Waals surface area contributed by atoms with Gasteiger partial charge in [-0.05, 0) is 31.2 Å². The van der Waals surface area contributed by atoms with E-state index in [1.165, 1.54) is 17.0 Å². The molecule has 0 radical (unpaired) electrons. The zero-order chi connectivity index (χ0) is 17.6. The van der Waals surface area contributed by atoms with Crippen LogP contribution in [0.3, 0.4) is 0 Å². The summed E-state index contributed by atoms with van der Waals surface area (Å²) in [6.45, 7) is 1.70. The molecule has 0 spiro atoms. The van der Waals surface area contributed by atoms with Gasteiger partial charge >= 0.3 is 12.1 Å². The van der Waals surface area contributed by atoms with Crippen molar-refractivity contribution in [3.8, 4) is 6.07 Å². The lowest BCUT2D eigenvalue weighted by Crippen LogP contribution is -2.24. The minimum absolute atomic E-state index is 0.102. The van der Waals surface area contributed by atoms with Crippen LogP contribution in [0.4, 0.5) is 18.9 Å². The first-order valence-corrected chi connectivity index (χ1v) is 6.63. The molecule has 5 nitrogen and oxygen atoms in total. The summed E-state index contributed by atoms with van der Waals surface area (Å²) in [4.78, 5) is 13.2. The van der Waals surface area contributed by atoms with Crippen LogP contribution >= 0.6 is 0 Å². The molecule has 0 aliphatic carbocycles. The van der Waals surface area contributed by atoms with Crippen molar-refractivity contribution >= 4 is 11.7 Å². The van der Waals surface area contributed by atoms with Crippen molar-refractivity contribution < 1.29 is 22.7 Å². The summed E-state index contributed by atoms with van der Waals surface area (Å²) in [5.41, 5.74) is -0.750. The predicted molar refractivity (Wildman–Crippen MR) is 78.0 cm³/mol. The Morgan fingerprint density at radius 2 is 1.87 bits per heavy atom. The van der Waals surface area contributed by atoms with Gasteiger partial charge in [-0.2, -0.15) is 18.4 Å². The van der Waals surface area contributed by atoms with Gasteiger partial charge in [-0.25, -0.2) is 4.79 Å². The van der Waals surface area contributed by atoms with E-state index in [4.69, 9.17) is 10.00 Å². The average molecular weight is 327 g/mol. The standard InChI is InChI=1S/C15H16F3N3O2/c1-4-23-14(22)12(9-19)13(21(2)3)20-11-7-5-10(6-8-11)15(16,17)18/h5-8,20H,4H2,1-3H3/b13-12+. The van der Waals surface area contributed by atoms with E-state index in [1.54, 1.807) is 27.1 Å². The highest BCUT2D eigenvalue weighted by molar-refractivity contribution is 5.94. The quantitative estimate of drug-likeness (QED) is 0.512. The summed E-state index contributed by atoms with van der Waals surface area (Å²) < 4.78 is 42.4. The topological polar surface area (TPSA) is 65.4 Å². The van der Waals surface area contributed by atoms with Gasteiger partial charge in [-0.3, -0.25) is 0 Å². The Balaban J connectivity index is 3.14. The van der Waals surface area contributed by atoms with Crippen LogP contribution in [0.25, 0.3) is 0 Å². The van der Waals surface area contributed by atoms with Gasteiger partial charge in [0.15, 0.2) is 5.57 Å². The summed E-state index contributed by atoms with van der Waals surface area (Å²) >= 11 is 0. The number of anilines is 1. The first-order chi connectivity index (χ1) is 10.7. The monoisotopic (exact) mass is 327 g/mol. The number of esters is 1. The molecule has 1 aromatic carbocycles. The Morgan fingerprint density at radius 3 is 2.26 bits per heavy atom. The minimum atomic E-state index is -4.43. The Hall–Kier alpha value is -2.69. The normalized spacial score (nSPS) is 12.0. The number of nitrogens with one attached hydrogen (secondary N) is 1. The van der Waals surface area contributed by atoms with Crippen LogP contribution in [0.1, 0.15) is 12.5 Å². The lowest BCUT2D eigenvalue weighted by atomic mass is 10.2. The molecule has 23 heavy (non-hydrogen) atoms. The molecule has 0 saturated heterocycles. The Kier molecular flexibility index (Phi) is 6.02. The van der Waals surface area contributed by atoms with Crippen molar-refractivity contribution in [2.45, 2.75) is 13.1 Å². The second kappa shape index (κ2) is 7.54. The highest BCUT2D eigenvalue weighted by Gasteiger charge is 2.30. The van der Waals surface area contributed by atoms with E-state index in [0.29, 0.717) is 5.69 Å². The maximum atomic E-state index is 12.5. The first kappa shape index (κ1) is 18.4. The number of ether oxygens (including phenoxy) is 1. The SMILES string of the molecule is CCOC(=O)/C(C#N)=C(\Nc1ccc(C(F)(F)F)cc1)N(C)C. The van der Waals surface area contributed by atoms with Gasteiger partial charge in [0.1, 0.15) is 11.9 Å². The van der Waals surface area contributed by atoms with E-state index in [9.17, 15) is 18.0 Å². The Labute approximate surface area is 132 Å². The van der Waals surface area contributed by atoms with Crippen molar-refractivity contribution in [3.05, 3.63) is 41.2 Å². The molecule has 0 fully saturated rings. The highest BCUT2D eigenvalue weighted by atomic mass is 19.4. The first-order valence-electron chi connectivity index (χ1n) is 6.63. The Bertz CT molecular complexity index is 629. The number of alkyl halides is 3. The molecule has 1 N–H and O–H groups in total. The largest absolute Gasteiger partial charge is 0.462 e. The third-order valence-electron chi connectivity index (χ3n) is 2.75. The summed E-state index contributed by atoms with van der Waals surface area (Å²) in [6, 6.07) is 5.99. The molecule has 0 amide bonds. The molecule has 0 heterocycles. The van der Waals surface area contributed by atoms with Gasteiger partial charge in [0, 0.05) is 19.8 Å². The maximum Gasteiger partial charge on any atom is 0.416 e. The van der Waals surface area contributed by atoms with Crippen LogP contribution in [0, 0.1) is 11.3 Å². The molecular weight excluding hydrogens is 311 g/mol. The predicted octanol–water partition coefficient (Wildman–Crippen LogP) is 2.98. The van der Waals surface area contributed by atoms with Crippen LogP contribution in [-0.4, -0.2) is 31.6 Å². The number of halogens is 3. The highest BCUT2D eigenvalue weighted by Crippen LogP contribution is 2.30. The van der Waals surface area contributed by atoms with E-state index in [2.05, 4.69) is 5.32 Å². The number of hydrogen-bond donors (Lipinski definition) is 1. The number of carbonyl (C=O) groups is 1. The van der Waals surface area contributed by atoms with Gasteiger partial charge in [0.25, 0.3) is 0 Å². The van der Waals surface area contributed by atoms with Crippen molar-refractivity contribution in [2.24, 2.45) is 0 Å². The molecule has 0 bridgehead atoms. The molecule has 0 saturated carbocycles. The fourth-order valence-electron chi connectivity index (χ4n) is 1.68. The lowest BCUT2D eigenvalue weighted by molar-refractivity contribution is -0.138. The molecule has 0 atom stereocenters. The summed E-state index contributed by atoms with van der Waals surface area (Å²) in [5.74, 6) is -0.677. The summed E-state index contributed by atoms with van der Waals surface area (Å²) in [5, 5.41) is 11.9. The van der Waals surface area contributed by atoms with Crippen LogP contribution < -0.4 is 5.32 Å². The third-order valence-corrected chi connectivity index (χ3v) is 2.75. The van der Waals surface area contributed by atoms with Gasteiger partial charge in [0.05, 0.1) is 12.2 Å². The molecule has 0 aliphatic rings. The van der Waals surface area contributed by atoms with Crippen molar-refractivity contribution in [1.82, 2.24) is 4.90 Å². The third kappa shape index (κ3) is 4.92. The number of benzene rings is 1. The fourth-order valence-corrected chi connectivity index (χ4v) is 1.68. The van der Waals surface area contributed by atoms with Crippen molar-refractivity contribution in [2.75, 3.05) is 26.0 Å².